The van der Waals surface area contributed by atoms with Gasteiger partial charge in [0.25, 0.3) is 0 Å². The van der Waals surface area contributed by atoms with Crippen LogP contribution in [0.3, 0.4) is 0 Å². The molecule has 19 heavy (non-hydrogen) atoms. The summed E-state index contributed by atoms with van der Waals surface area (Å²) in [6.45, 7) is 3.68. The zero-order valence-corrected chi connectivity index (χ0v) is 12.8. The van der Waals surface area contributed by atoms with Gasteiger partial charge in [-0.15, -0.1) is 0 Å². The van der Waals surface area contributed by atoms with Crippen LogP contribution in [0.2, 0.25) is 0 Å². The molecule has 4 nitrogen and oxygen atoms in total. The summed E-state index contributed by atoms with van der Waals surface area (Å²) in [5.74, 6) is 0.849. The summed E-state index contributed by atoms with van der Waals surface area (Å²) in [6, 6.07) is 6.27. The van der Waals surface area contributed by atoms with E-state index in [1.54, 1.807) is 13.3 Å². The second-order valence-corrected chi connectivity index (χ2v) is 5.20. The molecule has 1 aromatic heterocycles. The fraction of sp³-hybridized carbons (Fsp3) is 0.357. The topological polar surface area (TPSA) is 39.1 Å². The van der Waals surface area contributed by atoms with Gasteiger partial charge in [0.15, 0.2) is 0 Å². The fourth-order valence-corrected chi connectivity index (χ4v) is 2.29. The predicted molar refractivity (Wildman–Crippen MR) is 81.0 cm³/mol. The molecule has 1 N–H and O–H groups in total. The van der Waals surface area contributed by atoms with Crippen molar-refractivity contribution in [2.24, 2.45) is 0 Å². The van der Waals surface area contributed by atoms with Gasteiger partial charge in [-0.25, -0.2) is 4.98 Å². The number of aryl methyl sites for hydroxylation is 1. The number of imidazole rings is 1. The number of ether oxygens (including phenoxy) is 1. The van der Waals surface area contributed by atoms with Crippen molar-refractivity contribution >= 4 is 21.9 Å². The van der Waals surface area contributed by atoms with Gasteiger partial charge in [-0.1, -0.05) is 6.07 Å². The van der Waals surface area contributed by atoms with Crippen LogP contribution in [-0.4, -0.2) is 29.8 Å². The Labute approximate surface area is 121 Å². The average molecular weight is 324 g/mol. The van der Waals surface area contributed by atoms with Gasteiger partial charge >= 0.3 is 0 Å². The number of halogens is 1. The largest absolute Gasteiger partial charge is 0.385 e. The molecule has 2 rings (SSSR count). The number of aromatic nitrogens is 2. The first kappa shape index (κ1) is 14.1. The molecule has 0 unspecified atom stereocenters. The number of hydrogen-bond acceptors (Lipinski definition) is 3. The van der Waals surface area contributed by atoms with Crippen molar-refractivity contribution in [2.75, 3.05) is 25.6 Å². The summed E-state index contributed by atoms with van der Waals surface area (Å²) in [5, 5.41) is 3.32. The summed E-state index contributed by atoms with van der Waals surface area (Å²) >= 11 is 3.58. The van der Waals surface area contributed by atoms with Crippen LogP contribution in [0.4, 0.5) is 5.95 Å². The van der Waals surface area contributed by atoms with Crippen molar-refractivity contribution < 1.29 is 4.74 Å². The Kier molecular flexibility index (Phi) is 4.99. The van der Waals surface area contributed by atoms with E-state index in [2.05, 4.69) is 51.4 Å². The standard InChI is InChI=1S/C14H18BrN3O/c1-11-4-5-12(15)13(10-11)18-8-7-17-14(18)16-6-3-9-19-2/h4-5,7-8,10H,3,6,9H2,1-2H3,(H,16,17). The number of methoxy groups -OCH3 is 1. The Morgan fingerprint density at radius 1 is 1.42 bits per heavy atom. The summed E-state index contributed by atoms with van der Waals surface area (Å²) in [7, 11) is 1.71. The van der Waals surface area contributed by atoms with Gasteiger partial charge in [-0.3, -0.25) is 4.57 Å². The molecule has 0 bridgehead atoms. The minimum absolute atomic E-state index is 0.752. The lowest BCUT2D eigenvalue weighted by Gasteiger charge is -2.12. The molecule has 0 radical (unpaired) electrons. The van der Waals surface area contributed by atoms with E-state index in [0.29, 0.717) is 0 Å². The molecule has 5 heteroatoms. The monoisotopic (exact) mass is 323 g/mol. The van der Waals surface area contributed by atoms with Crippen LogP contribution in [0.15, 0.2) is 35.1 Å². The van der Waals surface area contributed by atoms with Crippen molar-refractivity contribution in [2.45, 2.75) is 13.3 Å². The molecule has 0 saturated heterocycles. The highest BCUT2D eigenvalue weighted by Crippen LogP contribution is 2.24. The van der Waals surface area contributed by atoms with Crippen molar-refractivity contribution in [3.8, 4) is 5.69 Å². The van der Waals surface area contributed by atoms with Crippen molar-refractivity contribution in [3.63, 3.8) is 0 Å². The minimum atomic E-state index is 0.752. The molecule has 0 saturated carbocycles. The summed E-state index contributed by atoms with van der Waals surface area (Å²) in [6.07, 6.45) is 4.71. The summed E-state index contributed by atoms with van der Waals surface area (Å²) in [5.41, 5.74) is 2.31. The second kappa shape index (κ2) is 6.73. The first-order valence-corrected chi connectivity index (χ1v) is 7.04. The van der Waals surface area contributed by atoms with Crippen LogP contribution in [0.25, 0.3) is 5.69 Å². The zero-order chi connectivity index (χ0) is 13.7. The van der Waals surface area contributed by atoms with E-state index < -0.39 is 0 Å². The molecule has 1 aromatic carbocycles. The molecule has 0 aliphatic rings. The third-order valence-corrected chi connectivity index (χ3v) is 3.48. The van der Waals surface area contributed by atoms with E-state index in [1.165, 1.54) is 5.56 Å². The number of rotatable bonds is 6. The van der Waals surface area contributed by atoms with Crippen molar-refractivity contribution in [1.82, 2.24) is 9.55 Å². The summed E-state index contributed by atoms with van der Waals surface area (Å²) in [4.78, 5) is 4.35. The van der Waals surface area contributed by atoms with E-state index in [1.807, 2.05) is 10.8 Å². The van der Waals surface area contributed by atoms with Gasteiger partial charge in [0, 0.05) is 37.1 Å². The minimum Gasteiger partial charge on any atom is -0.385 e. The van der Waals surface area contributed by atoms with E-state index >= 15 is 0 Å². The lowest BCUT2D eigenvalue weighted by atomic mass is 10.2. The van der Waals surface area contributed by atoms with Gasteiger partial charge in [0.2, 0.25) is 5.95 Å². The predicted octanol–water partition coefficient (Wildman–Crippen LogP) is 3.39. The van der Waals surface area contributed by atoms with E-state index in [-0.39, 0.29) is 0 Å². The van der Waals surface area contributed by atoms with E-state index in [4.69, 9.17) is 4.74 Å². The molecule has 0 atom stereocenters. The number of hydrogen-bond donors (Lipinski definition) is 1. The van der Waals surface area contributed by atoms with E-state index in [9.17, 15) is 0 Å². The molecule has 1 heterocycles. The maximum absolute atomic E-state index is 5.04. The highest BCUT2D eigenvalue weighted by Gasteiger charge is 2.07. The Bertz CT molecular complexity index is 539. The van der Waals surface area contributed by atoms with Crippen LogP contribution < -0.4 is 5.32 Å². The molecular formula is C14H18BrN3O. The maximum Gasteiger partial charge on any atom is 0.207 e. The number of anilines is 1. The summed E-state index contributed by atoms with van der Waals surface area (Å²) < 4.78 is 8.13. The third-order valence-electron chi connectivity index (χ3n) is 2.81. The van der Waals surface area contributed by atoms with Gasteiger partial charge in [0.1, 0.15) is 0 Å². The molecule has 0 aliphatic heterocycles. The van der Waals surface area contributed by atoms with Crippen LogP contribution >= 0.6 is 15.9 Å². The van der Waals surface area contributed by atoms with Gasteiger partial charge in [0.05, 0.1) is 5.69 Å². The zero-order valence-electron chi connectivity index (χ0n) is 11.2. The Balaban J connectivity index is 2.16. The lowest BCUT2D eigenvalue weighted by Crippen LogP contribution is -2.09. The maximum atomic E-state index is 5.04. The van der Waals surface area contributed by atoms with Gasteiger partial charge < -0.3 is 10.1 Å². The lowest BCUT2D eigenvalue weighted by molar-refractivity contribution is 0.197. The number of nitrogens with one attached hydrogen (secondary N) is 1. The SMILES string of the molecule is COCCCNc1nccn1-c1cc(C)ccc1Br. The third kappa shape index (κ3) is 3.58. The van der Waals surface area contributed by atoms with Crippen LogP contribution in [0, 0.1) is 6.92 Å². The first-order chi connectivity index (χ1) is 9.22. The Hall–Kier alpha value is -1.33. The van der Waals surface area contributed by atoms with Crippen molar-refractivity contribution in [1.29, 1.82) is 0 Å². The van der Waals surface area contributed by atoms with E-state index in [0.717, 1.165) is 35.7 Å². The Morgan fingerprint density at radius 2 is 2.26 bits per heavy atom. The molecule has 0 spiro atoms. The average Bonchev–Trinajstić information content (AvgIpc) is 2.86. The van der Waals surface area contributed by atoms with Crippen LogP contribution in [-0.2, 0) is 4.74 Å². The molecular weight excluding hydrogens is 306 g/mol. The fourth-order valence-electron chi connectivity index (χ4n) is 1.85. The normalized spacial score (nSPS) is 10.7. The number of nitrogens with zero attached hydrogens (tertiary/aromatic N) is 2. The molecule has 102 valence electrons. The van der Waals surface area contributed by atoms with Crippen LogP contribution in [0.1, 0.15) is 12.0 Å². The molecule has 0 amide bonds. The quantitative estimate of drug-likeness (QED) is 0.828. The first-order valence-electron chi connectivity index (χ1n) is 6.25. The second-order valence-electron chi connectivity index (χ2n) is 4.35. The molecule has 0 fully saturated rings. The van der Waals surface area contributed by atoms with Gasteiger partial charge in [-0.2, -0.15) is 0 Å². The number of benzene rings is 1. The van der Waals surface area contributed by atoms with Gasteiger partial charge in [-0.05, 0) is 47.0 Å². The molecule has 0 aliphatic carbocycles. The van der Waals surface area contributed by atoms with Crippen molar-refractivity contribution in [3.05, 3.63) is 40.6 Å². The van der Waals surface area contributed by atoms with Crippen LogP contribution in [0.5, 0.6) is 0 Å². The molecule has 2 aromatic rings. The smallest absolute Gasteiger partial charge is 0.207 e. The highest BCUT2D eigenvalue weighted by molar-refractivity contribution is 9.10. The highest BCUT2D eigenvalue weighted by atomic mass is 79.9. The Morgan fingerprint density at radius 3 is 3.05 bits per heavy atom.